The van der Waals surface area contributed by atoms with Crippen LogP contribution < -0.4 is 0 Å². The maximum atomic E-state index is 12.3. The maximum Gasteiger partial charge on any atom is 0.302 e. The Kier molecular flexibility index (Phi) is 8.20. The van der Waals surface area contributed by atoms with Crippen molar-refractivity contribution in [3.05, 3.63) is 0 Å². The van der Waals surface area contributed by atoms with Crippen molar-refractivity contribution < 1.29 is 24.2 Å². The van der Waals surface area contributed by atoms with Gasteiger partial charge in [-0.25, -0.2) is 0 Å². The van der Waals surface area contributed by atoms with Crippen LogP contribution in [0.2, 0.25) is 0 Å². The number of aliphatic hydroxyl groups is 1. The van der Waals surface area contributed by atoms with E-state index in [9.17, 15) is 14.7 Å². The molecule has 0 aromatic heterocycles. The van der Waals surface area contributed by atoms with Gasteiger partial charge in [0, 0.05) is 19.8 Å². The van der Waals surface area contributed by atoms with Crippen molar-refractivity contribution in [1.29, 1.82) is 0 Å². The Morgan fingerprint density at radius 1 is 0.917 bits per heavy atom. The average molecular weight is 505 g/mol. The minimum Gasteiger partial charge on any atom is -0.463 e. The molecule has 0 heterocycles. The Labute approximate surface area is 219 Å². The zero-order valence-electron chi connectivity index (χ0n) is 23.9. The molecule has 0 saturated heterocycles. The Morgan fingerprint density at radius 2 is 1.61 bits per heavy atom. The fourth-order valence-corrected chi connectivity index (χ4v) is 9.82. The first-order valence-electron chi connectivity index (χ1n) is 14.9. The van der Waals surface area contributed by atoms with Crippen molar-refractivity contribution in [1.82, 2.24) is 0 Å². The maximum absolute atomic E-state index is 12.3. The van der Waals surface area contributed by atoms with Crippen molar-refractivity contribution in [3.8, 4) is 0 Å². The second kappa shape index (κ2) is 10.6. The smallest absolute Gasteiger partial charge is 0.302 e. The van der Waals surface area contributed by atoms with Crippen molar-refractivity contribution in [2.24, 2.45) is 52.3 Å². The topological polar surface area (TPSA) is 72.8 Å². The van der Waals surface area contributed by atoms with Gasteiger partial charge in [0.15, 0.2) is 0 Å². The summed E-state index contributed by atoms with van der Waals surface area (Å²) in [7, 11) is 0. The lowest BCUT2D eigenvalue weighted by Gasteiger charge is -2.64. The number of carbonyl (C=O) groups excluding carboxylic acids is 2. The summed E-state index contributed by atoms with van der Waals surface area (Å²) in [5.41, 5.74) is -0.0316. The van der Waals surface area contributed by atoms with Gasteiger partial charge >= 0.3 is 11.9 Å². The average Bonchev–Trinajstić information content (AvgIpc) is 3.13. The van der Waals surface area contributed by atoms with Gasteiger partial charge in [-0.3, -0.25) is 9.59 Å². The summed E-state index contributed by atoms with van der Waals surface area (Å²) >= 11 is 0. The van der Waals surface area contributed by atoms with Gasteiger partial charge in [0.2, 0.25) is 0 Å². The van der Waals surface area contributed by atoms with Gasteiger partial charge in [-0.05, 0) is 91.3 Å². The lowest BCUT2D eigenvalue weighted by Crippen LogP contribution is -2.63. The Morgan fingerprint density at radius 3 is 2.25 bits per heavy atom. The Hall–Kier alpha value is -1.10. The van der Waals surface area contributed by atoms with Crippen molar-refractivity contribution in [3.63, 3.8) is 0 Å². The SMILES string of the molecule is CC(=O)O[C@@H]1CC[C@@]2(C)[C@@H](C1)C[C@@H](OC(C)=O)[C@@H]1[C@@H]2C[C@H](O)[C@]2(C)[C@@H]([C@H](C)CCCC(C)C)CC[C@@H]12. The molecule has 0 amide bonds. The third-order valence-corrected chi connectivity index (χ3v) is 11.6. The molecule has 0 aromatic carbocycles. The lowest BCUT2D eigenvalue weighted by molar-refractivity contribution is -0.218. The first-order chi connectivity index (χ1) is 16.9. The van der Waals surface area contributed by atoms with E-state index in [1.165, 1.54) is 39.5 Å². The van der Waals surface area contributed by atoms with Gasteiger partial charge in [-0.1, -0.05) is 53.9 Å². The van der Waals surface area contributed by atoms with E-state index in [1.54, 1.807) is 0 Å². The van der Waals surface area contributed by atoms with Crippen LogP contribution in [0.5, 0.6) is 0 Å². The molecule has 4 aliphatic carbocycles. The first kappa shape index (κ1) is 27.9. The summed E-state index contributed by atoms with van der Waals surface area (Å²) in [5, 5.41) is 11.9. The quantitative estimate of drug-likeness (QED) is 0.398. The normalized spacial score (nSPS) is 44.8. The summed E-state index contributed by atoms with van der Waals surface area (Å²) in [5.74, 6) is 2.82. The van der Waals surface area contributed by atoms with Crippen LogP contribution in [-0.2, 0) is 19.1 Å². The molecule has 36 heavy (non-hydrogen) atoms. The van der Waals surface area contributed by atoms with Gasteiger partial charge in [0.05, 0.1) is 6.10 Å². The van der Waals surface area contributed by atoms with Crippen LogP contribution in [0.1, 0.15) is 113 Å². The summed E-state index contributed by atoms with van der Waals surface area (Å²) in [6.45, 7) is 14.8. The number of rotatable bonds is 7. The molecule has 0 aromatic rings. The summed E-state index contributed by atoms with van der Waals surface area (Å²) in [4.78, 5) is 23.9. The zero-order chi connectivity index (χ0) is 26.4. The summed E-state index contributed by atoms with van der Waals surface area (Å²) in [6, 6.07) is 0. The van der Waals surface area contributed by atoms with Gasteiger partial charge in [-0.15, -0.1) is 0 Å². The summed E-state index contributed by atoms with van der Waals surface area (Å²) in [6.07, 6.45) is 9.99. The number of ether oxygens (including phenoxy) is 2. The molecule has 5 heteroatoms. The predicted molar refractivity (Wildman–Crippen MR) is 141 cm³/mol. The molecule has 1 N–H and O–H groups in total. The number of hydrogen-bond acceptors (Lipinski definition) is 5. The predicted octanol–water partition coefficient (Wildman–Crippen LogP) is 6.55. The molecule has 5 nitrogen and oxygen atoms in total. The summed E-state index contributed by atoms with van der Waals surface area (Å²) < 4.78 is 11.8. The van der Waals surface area contributed by atoms with E-state index in [4.69, 9.17) is 9.47 Å². The van der Waals surface area contributed by atoms with E-state index in [-0.39, 0.29) is 41.1 Å². The fourth-order valence-electron chi connectivity index (χ4n) is 9.82. The number of aliphatic hydroxyl groups excluding tert-OH is 1. The molecule has 0 radical (unpaired) electrons. The van der Waals surface area contributed by atoms with E-state index in [2.05, 4.69) is 34.6 Å². The Balaban J connectivity index is 1.60. The minimum atomic E-state index is -0.316. The molecular formula is C31H52O5. The number of esters is 2. The minimum absolute atomic E-state index is 0.0450. The third kappa shape index (κ3) is 4.99. The second-order valence-corrected chi connectivity index (χ2v) is 14.0. The van der Waals surface area contributed by atoms with Crippen LogP contribution >= 0.6 is 0 Å². The highest BCUT2D eigenvalue weighted by molar-refractivity contribution is 5.66. The number of hydrogen-bond donors (Lipinski definition) is 1. The largest absolute Gasteiger partial charge is 0.463 e. The van der Waals surface area contributed by atoms with Crippen LogP contribution in [0.15, 0.2) is 0 Å². The first-order valence-corrected chi connectivity index (χ1v) is 14.9. The van der Waals surface area contributed by atoms with E-state index < -0.39 is 0 Å². The fraction of sp³-hybridized carbons (Fsp3) is 0.935. The highest BCUT2D eigenvalue weighted by Crippen LogP contribution is 2.68. The molecule has 4 aliphatic rings. The van der Waals surface area contributed by atoms with Gasteiger partial charge in [0.25, 0.3) is 0 Å². The highest BCUT2D eigenvalue weighted by Gasteiger charge is 2.66. The molecule has 0 spiro atoms. The van der Waals surface area contributed by atoms with Crippen LogP contribution in [0.4, 0.5) is 0 Å². The van der Waals surface area contributed by atoms with Crippen LogP contribution in [-0.4, -0.2) is 35.4 Å². The molecule has 11 atom stereocenters. The molecule has 4 saturated carbocycles. The molecule has 0 aliphatic heterocycles. The molecule has 4 rings (SSSR count). The van der Waals surface area contributed by atoms with Crippen molar-refractivity contribution in [2.75, 3.05) is 0 Å². The van der Waals surface area contributed by atoms with Gasteiger partial charge in [-0.2, -0.15) is 0 Å². The standard InChI is InChI=1S/C31H52O5/c1-18(2)9-8-10-19(3)24-11-12-25-29-26(17-28(34)31(24,25)7)30(6)14-13-23(35-20(4)32)15-22(30)16-27(29)36-21(5)33/h18-19,22-29,34H,8-17H2,1-7H3/t19-,22+,23-,24-,25+,26+,27-,28+,29+,30+,31-/m1/s1. The molecule has 0 unspecified atom stereocenters. The third-order valence-electron chi connectivity index (χ3n) is 11.6. The van der Waals surface area contributed by atoms with Gasteiger partial charge in [0.1, 0.15) is 12.2 Å². The van der Waals surface area contributed by atoms with E-state index in [1.807, 2.05) is 0 Å². The molecule has 0 bridgehead atoms. The Bertz CT molecular complexity index is 809. The van der Waals surface area contributed by atoms with Crippen LogP contribution in [0, 0.1) is 52.3 Å². The van der Waals surface area contributed by atoms with Crippen molar-refractivity contribution >= 4 is 11.9 Å². The van der Waals surface area contributed by atoms with Crippen LogP contribution in [0.3, 0.4) is 0 Å². The molecule has 206 valence electrons. The van der Waals surface area contributed by atoms with E-state index >= 15 is 0 Å². The van der Waals surface area contributed by atoms with E-state index in [0.717, 1.165) is 44.4 Å². The van der Waals surface area contributed by atoms with Crippen molar-refractivity contribution in [2.45, 2.75) is 131 Å². The molecular weight excluding hydrogens is 452 g/mol. The number of fused-ring (bicyclic) bond motifs is 5. The monoisotopic (exact) mass is 504 g/mol. The van der Waals surface area contributed by atoms with Crippen LogP contribution in [0.25, 0.3) is 0 Å². The molecule has 4 fully saturated rings. The van der Waals surface area contributed by atoms with Gasteiger partial charge < -0.3 is 14.6 Å². The lowest BCUT2D eigenvalue weighted by atomic mass is 9.43. The number of carbonyl (C=O) groups is 2. The van der Waals surface area contributed by atoms with E-state index in [0.29, 0.717) is 35.5 Å². The second-order valence-electron chi connectivity index (χ2n) is 14.0. The highest BCUT2D eigenvalue weighted by atomic mass is 16.5. The zero-order valence-corrected chi connectivity index (χ0v) is 23.9.